The fourth-order valence-corrected chi connectivity index (χ4v) is 3.05. The highest BCUT2D eigenvalue weighted by Crippen LogP contribution is 2.25. The van der Waals surface area contributed by atoms with Crippen molar-refractivity contribution in [3.8, 4) is 0 Å². The van der Waals surface area contributed by atoms with Crippen LogP contribution in [0, 0.1) is 13.8 Å². The van der Waals surface area contributed by atoms with Gasteiger partial charge in [0.05, 0.1) is 0 Å². The lowest BCUT2D eigenvalue weighted by Crippen LogP contribution is -2.48. The third-order valence-corrected chi connectivity index (χ3v) is 4.32. The molecule has 0 radical (unpaired) electrons. The van der Waals surface area contributed by atoms with Crippen LogP contribution in [0.15, 0.2) is 18.2 Å². The van der Waals surface area contributed by atoms with Gasteiger partial charge in [0.25, 0.3) is 0 Å². The Balaban J connectivity index is 2.17. The van der Waals surface area contributed by atoms with Crippen molar-refractivity contribution in [1.82, 2.24) is 4.90 Å². The minimum absolute atomic E-state index is 0.564. The van der Waals surface area contributed by atoms with Gasteiger partial charge in [0, 0.05) is 25.2 Å². The molecule has 1 aromatic rings. The Morgan fingerprint density at radius 3 is 2.78 bits per heavy atom. The zero-order chi connectivity index (χ0) is 13.1. The van der Waals surface area contributed by atoms with E-state index in [1.54, 1.807) is 0 Å². The second kappa shape index (κ2) is 5.85. The molecule has 1 aliphatic heterocycles. The first-order valence-electron chi connectivity index (χ1n) is 7.13. The molecule has 1 fully saturated rings. The highest BCUT2D eigenvalue weighted by Gasteiger charge is 2.26. The quantitative estimate of drug-likeness (QED) is 0.888. The van der Waals surface area contributed by atoms with Crippen molar-refractivity contribution in [1.29, 1.82) is 0 Å². The molecule has 0 aromatic heterocycles. The Morgan fingerprint density at radius 1 is 1.28 bits per heavy atom. The molecule has 1 aliphatic rings. The van der Waals surface area contributed by atoms with Gasteiger partial charge in [0.1, 0.15) is 0 Å². The second-order valence-corrected chi connectivity index (χ2v) is 5.77. The number of piperidine rings is 1. The highest BCUT2D eigenvalue weighted by molar-refractivity contribution is 5.30. The minimum atomic E-state index is 0.564. The van der Waals surface area contributed by atoms with E-state index < -0.39 is 0 Å². The molecule has 0 aliphatic carbocycles. The number of nitrogens with zero attached hydrogens (tertiary/aromatic N) is 1. The number of benzene rings is 1. The summed E-state index contributed by atoms with van der Waals surface area (Å²) in [7, 11) is 0. The molecule has 0 saturated carbocycles. The van der Waals surface area contributed by atoms with Crippen molar-refractivity contribution in [3.63, 3.8) is 0 Å². The lowest BCUT2D eigenvalue weighted by atomic mass is 9.94. The fourth-order valence-electron chi connectivity index (χ4n) is 3.05. The van der Waals surface area contributed by atoms with Crippen LogP contribution in [-0.4, -0.2) is 23.5 Å². The normalized spacial score (nSPS) is 25.3. The van der Waals surface area contributed by atoms with E-state index in [-0.39, 0.29) is 0 Å². The molecule has 2 unspecified atom stereocenters. The molecule has 2 nitrogen and oxygen atoms in total. The number of likely N-dealkylation sites (tertiary alicyclic amines) is 1. The molecule has 0 bridgehead atoms. The number of aryl methyl sites for hydroxylation is 2. The standard InChI is InChI=1S/C16H26N2/c1-12-7-8-13(2)15(9-12)11-18-14(3)5-4-6-16(18)10-17/h7-9,14,16H,4-6,10-11,17H2,1-3H3. The van der Waals surface area contributed by atoms with Crippen LogP contribution in [0.1, 0.15) is 42.9 Å². The van der Waals surface area contributed by atoms with E-state index in [1.807, 2.05) is 0 Å². The summed E-state index contributed by atoms with van der Waals surface area (Å²) in [6.45, 7) is 8.56. The molecule has 1 saturated heterocycles. The van der Waals surface area contributed by atoms with E-state index in [9.17, 15) is 0 Å². The van der Waals surface area contributed by atoms with E-state index >= 15 is 0 Å². The van der Waals surface area contributed by atoms with Crippen molar-refractivity contribution in [3.05, 3.63) is 34.9 Å². The molecule has 18 heavy (non-hydrogen) atoms. The van der Waals surface area contributed by atoms with E-state index in [0.29, 0.717) is 12.1 Å². The third-order valence-electron chi connectivity index (χ3n) is 4.32. The number of hydrogen-bond donors (Lipinski definition) is 1. The van der Waals surface area contributed by atoms with Crippen LogP contribution in [0.25, 0.3) is 0 Å². The summed E-state index contributed by atoms with van der Waals surface area (Å²) in [6, 6.07) is 7.97. The van der Waals surface area contributed by atoms with Gasteiger partial charge >= 0.3 is 0 Å². The smallest absolute Gasteiger partial charge is 0.0242 e. The van der Waals surface area contributed by atoms with Crippen LogP contribution in [0.2, 0.25) is 0 Å². The summed E-state index contributed by atoms with van der Waals surface area (Å²) in [6.07, 6.45) is 3.89. The average Bonchev–Trinajstić information content (AvgIpc) is 2.36. The van der Waals surface area contributed by atoms with Gasteiger partial charge in [-0.15, -0.1) is 0 Å². The van der Waals surface area contributed by atoms with Gasteiger partial charge in [-0.3, -0.25) is 4.90 Å². The fraction of sp³-hybridized carbons (Fsp3) is 0.625. The van der Waals surface area contributed by atoms with Gasteiger partial charge in [0.2, 0.25) is 0 Å². The van der Waals surface area contributed by atoms with Crippen LogP contribution in [0.5, 0.6) is 0 Å². The molecule has 0 amide bonds. The summed E-state index contributed by atoms with van der Waals surface area (Å²) in [5.74, 6) is 0. The first kappa shape index (κ1) is 13.6. The van der Waals surface area contributed by atoms with Crippen LogP contribution in [0.4, 0.5) is 0 Å². The van der Waals surface area contributed by atoms with Crippen molar-refractivity contribution >= 4 is 0 Å². The first-order chi connectivity index (χ1) is 8.61. The summed E-state index contributed by atoms with van der Waals surface area (Å²) >= 11 is 0. The predicted octanol–water partition coefficient (Wildman–Crippen LogP) is 3.01. The maximum atomic E-state index is 5.94. The van der Waals surface area contributed by atoms with Gasteiger partial charge in [-0.1, -0.05) is 30.2 Å². The number of hydrogen-bond acceptors (Lipinski definition) is 2. The second-order valence-electron chi connectivity index (χ2n) is 5.77. The SMILES string of the molecule is Cc1ccc(C)c(CN2C(C)CCCC2CN)c1. The average molecular weight is 246 g/mol. The first-order valence-corrected chi connectivity index (χ1v) is 7.13. The maximum absolute atomic E-state index is 5.94. The Bertz CT molecular complexity index is 400. The van der Waals surface area contributed by atoms with Gasteiger partial charge in [-0.05, 0) is 44.7 Å². The summed E-state index contributed by atoms with van der Waals surface area (Å²) < 4.78 is 0. The van der Waals surface area contributed by atoms with Gasteiger partial charge in [-0.2, -0.15) is 0 Å². The van der Waals surface area contributed by atoms with E-state index in [1.165, 1.54) is 36.0 Å². The van der Waals surface area contributed by atoms with Crippen LogP contribution >= 0.6 is 0 Å². The van der Waals surface area contributed by atoms with E-state index in [4.69, 9.17) is 5.73 Å². The molecule has 1 heterocycles. The molecule has 2 N–H and O–H groups in total. The van der Waals surface area contributed by atoms with E-state index in [2.05, 4.69) is 43.9 Å². The van der Waals surface area contributed by atoms with Crippen molar-refractivity contribution < 1.29 is 0 Å². The Labute approximate surface area is 111 Å². The van der Waals surface area contributed by atoms with Crippen LogP contribution < -0.4 is 5.73 Å². The Kier molecular flexibility index (Phi) is 4.41. The molecule has 1 aromatic carbocycles. The minimum Gasteiger partial charge on any atom is -0.329 e. The van der Waals surface area contributed by atoms with Crippen LogP contribution in [0.3, 0.4) is 0 Å². The van der Waals surface area contributed by atoms with Gasteiger partial charge in [0.15, 0.2) is 0 Å². The monoisotopic (exact) mass is 246 g/mol. The lowest BCUT2D eigenvalue weighted by Gasteiger charge is -2.40. The van der Waals surface area contributed by atoms with Gasteiger partial charge in [-0.25, -0.2) is 0 Å². The van der Waals surface area contributed by atoms with Crippen molar-refractivity contribution in [2.75, 3.05) is 6.54 Å². The topological polar surface area (TPSA) is 29.3 Å². The van der Waals surface area contributed by atoms with E-state index in [0.717, 1.165) is 13.1 Å². The summed E-state index contributed by atoms with van der Waals surface area (Å²) in [5, 5.41) is 0. The molecule has 2 heteroatoms. The lowest BCUT2D eigenvalue weighted by molar-refractivity contribution is 0.0890. The predicted molar refractivity (Wildman–Crippen MR) is 77.6 cm³/mol. The maximum Gasteiger partial charge on any atom is 0.0242 e. The molecule has 0 spiro atoms. The zero-order valence-electron chi connectivity index (χ0n) is 11.9. The Morgan fingerprint density at radius 2 is 2.06 bits per heavy atom. The largest absolute Gasteiger partial charge is 0.329 e. The molecular formula is C16H26N2. The number of nitrogens with two attached hydrogens (primary N) is 1. The van der Waals surface area contributed by atoms with Crippen molar-refractivity contribution in [2.24, 2.45) is 5.73 Å². The molecule has 2 rings (SSSR count). The summed E-state index contributed by atoms with van der Waals surface area (Å²) in [5.41, 5.74) is 10.1. The van der Waals surface area contributed by atoms with Crippen molar-refractivity contribution in [2.45, 2.75) is 58.7 Å². The molecular weight excluding hydrogens is 220 g/mol. The number of rotatable bonds is 3. The highest BCUT2D eigenvalue weighted by atomic mass is 15.2. The zero-order valence-corrected chi connectivity index (χ0v) is 11.9. The van der Waals surface area contributed by atoms with Crippen LogP contribution in [-0.2, 0) is 6.54 Å². The molecule has 2 atom stereocenters. The summed E-state index contributed by atoms with van der Waals surface area (Å²) in [4.78, 5) is 2.60. The molecule has 100 valence electrons. The third kappa shape index (κ3) is 2.93. The Hall–Kier alpha value is -0.860. The van der Waals surface area contributed by atoms with Gasteiger partial charge < -0.3 is 5.73 Å².